The second kappa shape index (κ2) is 7.74. The maximum Gasteiger partial charge on any atom is 0.254 e. The highest BCUT2D eigenvalue weighted by molar-refractivity contribution is 5.94. The minimum atomic E-state index is 0.0699. The molecular formula is C18H21N3O2. The molecule has 120 valence electrons. The van der Waals surface area contributed by atoms with Gasteiger partial charge in [-0.2, -0.15) is 0 Å². The first-order valence-corrected chi connectivity index (χ1v) is 7.95. The Bertz CT molecular complexity index is 638. The van der Waals surface area contributed by atoms with Gasteiger partial charge in [0.1, 0.15) is 12.4 Å². The van der Waals surface area contributed by atoms with Crippen LogP contribution in [0.4, 0.5) is 0 Å². The van der Waals surface area contributed by atoms with Crippen LogP contribution in [0.3, 0.4) is 0 Å². The summed E-state index contributed by atoms with van der Waals surface area (Å²) in [5.41, 5.74) is 1.68. The average Bonchev–Trinajstić information content (AvgIpc) is 2.90. The van der Waals surface area contributed by atoms with Crippen molar-refractivity contribution in [2.45, 2.75) is 13.0 Å². The molecule has 1 saturated heterocycles. The Balaban J connectivity index is 1.65. The van der Waals surface area contributed by atoms with Gasteiger partial charge in [0.2, 0.25) is 0 Å². The number of aromatic nitrogens is 1. The molecule has 0 bridgehead atoms. The molecule has 1 aromatic heterocycles. The van der Waals surface area contributed by atoms with Crippen molar-refractivity contribution >= 4 is 5.91 Å². The van der Waals surface area contributed by atoms with Crippen LogP contribution in [-0.2, 0) is 6.61 Å². The van der Waals surface area contributed by atoms with E-state index in [1.807, 2.05) is 41.3 Å². The summed E-state index contributed by atoms with van der Waals surface area (Å²) in [4.78, 5) is 18.6. The van der Waals surface area contributed by atoms with E-state index in [1.165, 1.54) is 0 Å². The first kappa shape index (κ1) is 15.5. The van der Waals surface area contributed by atoms with Crippen LogP contribution in [0.15, 0.2) is 48.8 Å². The minimum Gasteiger partial charge on any atom is -0.489 e. The lowest BCUT2D eigenvalue weighted by Crippen LogP contribution is -2.34. The third kappa shape index (κ3) is 4.29. The van der Waals surface area contributed by atoms with Gasteiger partial charge < -0.3 is 15.0 Å². The number of ether oxygens (including phenoxy) is 1. The molecule has 1 amide bonds. The molecule has 2 aromatic rings. The number of hydrogen-bond acceptors (Lipinski definition) is 4. The SMILES string of the molecule is O=C(c1cccc(OCc2cccnc2)c1)N1CCCNCC1. The van der Waals surface area contributed by atoms with Gasteiger partial charge in [-0.25, -0.2) is 0 Å². The summed E-state index contributed by atoms with van der Waals surface area (Å²) in [6, 6.07) is 11.2. The zero-order valence-electron chi connectivity index (χ0n) is 13.1. The van der Waals surface area contributed by atoms with Gasteiger partial charge in [0.15, 0.2) is 0 Å². The largest absolute Gasteiger partial charge is 0.489 e. The summed E-state index contributed by atoms with van der Waals surface area (Å²) in [6.45, 7) is 3.81. The molecule has 1 N–H and O–H groups in total. The van der Waals surface area contributed by atoms with E-state index in [-0.39, 0.29) is 5.91 Å². The van der Waals surface area contributed by atoms with Gasteiger partial charge in [0.25, 0.3) is 5.91 Å². The molecular weight excluding hydrogens is 290 g/mol. The summed E-state index contributed by atoms with van der Waals surface area (Å²) >= 11 is 0. The molecule has 1 aliphatic rings. The monoisotopic (exact) mass is 311 g/mol. The van der Waals surface area contributed by atoms with Crippen molar-refractivity contribution in [3.63, 3.8) is 0 Å². The summed E-state index contributed by atoms with van der Waals surface area (Å²) in [6.07, 6.45) is 4.50. The molecule has 1 aromatic carbocycles. The van der Waals surface area contributed by atoms with Crippen LogP contribution in [0.1, 0.15) is 22.3 Å². The Kier molecular flexibility index (Phi) is 5.21. The van der Waals surface area contributed by atoms with Crippen molar-refractivity contribution in [2.75, 3.05) is 26.2 Å². The highest BCUT2D eigenvalue weighted by Gasteiger charge is 2.17. The molecule has 0 spiro atoms. The fraction of sp³-hybridized carbons (Fsp3) is 0.333. The Morgan fingerprint density at radius 2 is 2.17 bits per heavy atom. The van der Waals surface area contributed by atoms with E-state index in [9.17, 15) is 4.79 Å². The fourth-order valence-electron chi connectivity index (χ4n) is 2.60. The smallest absolute Gasteiger partial charge is 0.254 e. The standard InChI is InChI=1S/C18H21N3O2/c22-18(21-10-3-8-19-9-11-21)16-5-1-6-17(12-16)23-14-15-4-2-7-20-13-15/h1-2,4-7,12-13,19H,3,8-11,14H2. The average molecular weight is 311 g/mol. The van der Waals surface area contributed by atoms with Crippen LogP contribution in [0.2, 0.25) is 0 Å². The Morgan fingerprint density at radius 3 is 3.04 bits per heavy atom. The lowest BCUT2D eigenvalue weighted by molar-refractivity contribution is 0.0766. The van der Waals surface area contributed by atoms with Crippen LogP contribution in [0.25, 0.3) is 0 Å². The molecule has 1 fully saturated rings. The van der Waals surface area contributed by atoms with Gasteiger partial charge in [-0.05, 0) is 37.2 Å². The van der Waals surface area contributed by atoms with E-state index in [0.29, 0.717) is 17.9 Å². The topological polar surface area (TPSA) is 54.5 Å². The second-order valence-electron chi connectivity index (χ2n) is 5.57. The summed E-state index contributed by atoms with van der Waals surface area (Å²) in [5, 5.41) is 3.31. The predicted octanol–water partition coefficient (Wildman–Crippen LogP) is 2.10. The fourth-order valence-corrected chi connectivity index (χ4v) is 2.60. The van der Waals surface area contributed by atoms with Gasteiger partial charge in [-0.3, -0.25) is 9.78 Å². The highest BCUT2D eigenvalue weighted by atomic mass is 16.5. The van der Waals surface area contributed by atoms with E-state index in [0.717, 1.165) is 38.2 Å². The zero-order chi connectivity index (χ0) is 15.9. The van der Waals surface area contributed by atoms with Crippen LogP contribution < -0.4 is 10.1 Å². The molecule has 1 aliphatic heterocycles. The number of nitrogens with zero attached hydrogens (tertiary/aromatic N) is 2. The number of nitrogens with one attached hydrogen (secondary N) is 1. The van der Waals surface area contributed by atoms with Gasteiger partial charge >= 0.3 is 0 Å². The van der Waals surface area contributed by atoms with E-state index >= 15 is 0 Å². The van der Waals surface area contributed by atoms with Crippen LogP contribution in [0, 0.1) is 0 Å². The van der Waals surface area contributed by atoms with Crippen LogP contribution >= 0.6 is 0 Å². The highest BCUT2D eigenvalue weighted by Crippen LogP contribution is 2.17. The van der Waals surface area contributed by atoms with E-state index in [1.54, 1.807) is 12.4 Å². The Morgan fingerprint density at radius 1 is 1.22 bits per heavy atom. The first-order chi connectivity index (χ1) is 11.3. The normalized spacial score (nSPS) is 15.0. The van der Waals surface area contributed by atoms with Crippen molar-refractivity contribution in [3.8, 4) is 5.75 Å². The van der Waals surface area contributed by atoms with Crippen molar-refractivity contribution < 1.29 is 9.53 Å². The van der Waals surface area contributed by atoms with Crippen LogP contribution in [0.5, 0.6) is 5.75 Å². The second-order valence-corrected chi connectivity index (χ2v) is 5.57. The third-order valence-corrected chi connectivity index (χ3v) is 3.84. The number of amides is 1. The summed E-state index contributed by atoms with van der Waals surface area (Å²) < 4.78 is 5.77. The Hall–Kier alpha value is -2.40. The number of benzene rings is 1. The number of carbonyl (C=O) groups excluding carboxylic acids is 1. The summed E-state index contributed by atoms with van der Waals surface area (Å²) in [5.74, 6) is 0.771. The molecule has 23 heavy (non-hydrogen) atoms. The van der Waals surface area contributed by atoms with Crippen molar-refractivity contribution in [2.24, 2.45) is 0 Å². The zero-order valence-corrected chi connectivity index (χ0v) is 13.1. The maximum absolute atomic E-state index is 12.6. The molecule has 0 unspecified atom stereocenters. The predicted molar refractivity (Wildman–Crippen MR) is 88.4 cm³/mol. The number of carbonyl (C=O) groups is 1. The quantitative estimate of drug-likeness (QED) is 0.939. The van der Waals surface area contributed by atoms with Crippen molar-refractivity contribution in [3.05, 3.63) is 59.9 Å². The van der Waals surface area contributed by atoms with Gasteiger partial charge in [-0.15, -0.1) is 0 Å². The molecule has 0 radical (unpaired) electrons. The molecule has 2 heterocycles. The van der Waals surface area contributed by atoms with Crippen molar-refractivity contribution in [1.82, 2.24) is 15.2 Å². The number of hydrogen-bond donors (Lipinski definition) is 1. The lowest BCUT2D eigenvalue weighted by Gasteiger charge is -2.20. The number of rotatable bonds is 4. The van der Waals surface area contributed by atoms with Gasteiger partial charge in [-0.1, -0.05) is 12.1 Å². The molecule has 5 nitrogen and oxygen atoms in total. The molecule has 0 atom stereocenters. The summed E-state index contributed by atoms with van der Waals surface area (Å²) in [7, 11) is 0. The molecule has 0 saturated carbocycles. The minimum absolute atomic E-state index is 0.0699. The van der Waals surface area contributed by atoms with E-state index in [4.69, 9.17) is 4.74 Å². The number of pyridine rings is 1. The van der Waals surface area contributed by atoms with E-state index in [2.05, 4.69) is 10.3 Å². The van der Waals surface area contributed by atoms with Gasteiger partial charge in [0.05, 0.1) is 0 Å². The molecule has 0 aliphatic carbocycles. The van der Waals surface area contributed by atoms with Crippen LogP contribution in [-0.4, -0.2) is 42.0 Å². The third-order valence-electron chi connectivity index (χ3n) is 3.84. The molecule has 3 rings (SSSR count). The van der Waals surface area contributed by atoms with E-state index < -0.39 is 0 Å². The lowest BCUT2D eigenvalue weighted by atomic mass is 10.2. The maximum atomic E-state index is 12.6. The first-order valence-electron chi connectivity index (χ1n) is 7.95. The van der Waals surface area contributed by atoms with Crippen molar-refractivity contribution in [1.29, 1.82) is 0 Å². The van der Waals surface area contributed by atoms with Gasteiger partial charge in [0, 0.05) is 43.2 Å². The Labute approximate surface area is 136 Å². The molecule has 5 heteroatoms.